The minimum absolute atomic E-state index is 0.0108. The number of fused-ring (bicyclic) bond motifs is 2. The molecule has 1 aromatic heterocycles. The monoisotopic (exact) mass is 379 g/mol. The summed E-state index contributed by atoms with van der Waals surface area (Å²) in [6.45, 7) is 4.74. The fourth-order valence-electron chi connectivity index (χ4n) is 3.43. The van der Waals surface area contributed by atoms with E-state index in [1.165, 1.54) is 10.9 Å². The summed E-state index contributed by atoms with van der Waals surface area (Å²) in [4.78, 5) is 33.2. The van der Waals surface area contributed by atoms with E-state index in [2.05, 4.69) is 18.0 Å². The fourth-order valence-corrected chi connectivity index (χ4v) is 4.54. The van der Waals surface area contributed by atoms with Gasteiger partial charge in [-0.25, -0.2) is 4.98 Å². The molecule has 4 rings (SSSR count). The molecule has 5 nitrogen and oxygen atoms in total. The molecule has 2 aromatic carbocycles. The molecule has 0 saturated heterocycles. The lowest BCUT2D eigenvalue weighted by Gasteiger charge is -2.23. The van der Waals surface area contributed by atoms with E-state index in [0.717, 1.165) is 22.6 Å². The van der Waals surface area contributed by atoms with Crippen LogP contribution in [0.3, 0.4) is 0 Å². The Morgan fingerprint density at radius 2 is 2.04 bits per heavy atom. The lowest BCUT2D eigenvalue weighted by molar-refractivity contribution is -0.119. The molecule has 138 valence electrons. The van der Waals surface area contributed by atoms with Crippen molar-refractivity contribution < 1.29 is 4.79 Å². The van der Waals surface area contributed by atoms with E-state index < -0.39 is 0 Å². The maximum absolute atomic E-state index is 13.1. The van der Waals surface area contributed by atoms with Gasteiger partial charge in [0.2, 0.25) is 5.91 Å². The second-order valence-corrected chi connectivity index (χ2v) is 8.36. The SMILES string of the molecule is Cc1cccc2c(=O)n(CC(=O)N3CCC(C)Sc4ccccc43)cnc12. The molecule has 0 fully saturated rings. The van der Waals surface area contributed by atoms with Gasteiger partial charge in [0, 0.05) is 16.7 Å². The highest BCUT2D eigenvalue weighted by Gasteiger charge is 2.24. The Labute approximate surface area is 162 Å². The van der Waals surface area contributed by atoms with Gasteiger partial charge < -0.3 is 4.90 Å². The van der Waals surface area contributed by atoms with Gasteiger partial charge in [-0.2, -0.15) is 0 Å². The highest BCUT2D eigenvalue weighted by atomic mass is 32.2. The number of carbonyl (C=O) groups is 1. The van der Waals surface area contributed by atoms with E-state index in [1.54, 1.807) is 22.7 Å². The summed E-state index contributed by atoms with van der Waals surface area (Å²) < 4.78 is 1.41. The first-order chi connectivity index (χ1) is 13.0. The van der Waals surface area contributed by atoms with Crippen LogP contribution in [-0.2, 0) is 11.3 Å². The van der Waals surface area contributed by atoms with Gasteiger partial charge >= 0.3 is 0 Å². The number of hydrogen-bond donors (Lipinski definition) is 0. The van der Waals surface area contributed by atoms with Crippen molar-refractivity contribution in [3.63, 3.8) is 0 Å². The Morgan fingerprint density at radius 3 is 2.89 bits per heavy atom. The topological polar surface area (TPSA) is 55.2 Å². The molecule has 27 heavy (non-hydrogen) atoms. The Kier molecular flexibility index (Phi) is 4.74. The number of carbonyl (C=O) groups excluding carboxylic acids is 1. The number of amides is 1. The number of anilines is 1. The van der Waals surface area contributed by atoms with Crippen LogP contribution in [0.1, 0.15) is 18.9 Å². The maximum Gasteiger partial charge on any atom is 0.261 e. The molecular formula is C21H21N3O2S. The highest BCUT2D eigenvalue weighted by Crippen LogP contribution is 2.37. The van der Waals surface area contributed by atoms with Crippen molar-refractivity contribution in [3.8, 4) is 0 Å². The summed E-state index contributed by atoms with van der Waals surface area (Å²) in [5.74, 6) is -0.0898. The zero-order valence-corrected chi connectivity index (χ0v) is 16.2. The first-order valence-electron chi connectivity index (χ1n) is 9.05. The van der Waals surface area contributed by atoms with E-state index in [0.29, 0.717) is 22.7 Å². The molecule has 2 heterocycles. The summed E-state index contributed by atoms with van der Waals surface area (Å²) in [5, 5.41) is 0.989. The number of thioether (sulfide) groups is 1. The van der Waals surface area contributed by atoms with Crippen molar-refractivity contribution in [3.05, 3.63) is 64.7 Å². The third kappa shape index (κ3) is 3.37. The number of rotatable bonds is 2. The van der Waals surface area contributed by atoms with Crippen molar-refractivity contribution in [2.45, 2.75) is 37.0 Å². The summed E-state index contributed by atoms with van der Waals surface area (Å²) in [6.07, 6.45) is 2.39. The van der Waals surface area contributed by atoms with E-state index in [9.17, 15) is 9.59 Å². The minimum Gasteiger partial charge on any atom is -0.310 e. The molecule has 1 aliphatic heterocycles. The lowest BCUT2D eigenvalue weighted by Crippen LogP contribution is -2.37. The standard InChI is InChI=1S/C21H21N3O2S/c1-14-6-5-7-16-20(14)22-13-23(21(16)26)12-19(25)24-11-10-15(2)27-18-9-4-3-8-17(18)24/h3-9,13,15H,10-12H2,1-2H3. The first kappa shape index (κ1) is 17.8. The second-order valence-electron chi connectivity index (χ2n) is 6.88. The van der Waals surface area contributed by atoms with Gasteiger partial charge in [-0.15, -0.1) is 11.8 Å². The molecule has 0 N–H and O–H groups in total. The molecule has 3 aromatic rings. The van der Waals surface area contributed by atoms with Crippen molar-refractivity contribution >= 4 is 34.3 Å². The van der Waals surface area contributed by atoms with Crippen molar-refractivity contribution in [2.24, 2.45) is 0 Å². The van der Waals surface area contributed by atoms with Gasteiger partial charge in [0.25, 0.3) is 5.56 Å². The summed E-state index contributed by atoms with van der Waals surface area (Å²) in [7, 11) is 0. The Bertz CT molecular complexity index is 1080. The number of para-hydroxylation sites is 2. The average molecular weight is 379 g/mol. The summed E-state index contributed by atoms with van der Waals surface area (Å²) in [5.41, 5.74) is 2.39. The third-order valence-electron chi connectivity index (χ3n) is 4.91. The van der Waals surface area contributed by atoms with E-state index in [1.807, 2.05) is 37.3 Å². The van der Waals surface area contributed by atoms with Crippen LogP contribution >= 0.6 is 11.8 Å². The predicted molar refractivity (Wildman–Crippen MR) is 109 cm³/mol. The summed E-state index contributed by atoms with van der Waals surface area (Å²) in [6, 6.07) is 13.5. The number of hydrogen-bond acceptors (Lipinski definition) is 4. The molecule has 0 radical (unpaired) electrons. The van der Waals surface area contributed by atoms with Crippen LogP contribution in [-0.4, -0.2) is 27.3 Å². The van der Waals surface area contributed by atoms with Gasteiger partial charge in [-0.1, -0.05) is 31.2 Å². The minimum atomic E-state index is -0.178. The largest absolute Gasteiger partial charge is 0.310 e. The Morgan fingerprint density at radius 1 is 1.22 bits per heavy atom. The van der Waals surface area contributed by atoms with Crippen LogP contribution in [0.4, 0.5) is 5.69 Å². The molecule has 0 bridgehead atoms. The molecule has 0 spiro atoms. The molecule has 6 heteroatoms. The van der Waals surface area contributed by atoms with Crippen LogP contribution < -0.4 is 10.5 Å². The molecule has 0 saturated carbocycles. The molecular weight excluding hydrogens is 358 g/mol. The number of aryl methyl sites for hydroxylation is 1. The quantitative estimate of drug-likeness (QED) is 0.682. The fraction of sp³-hybridized carbons (Fsp3) is 0.286. The predicted octanol–water partition coefficient (Wildman–Crippen LogP) is 3.62. The molecule has 1 unspecified atom stereocenters. The number of benzene rings is 2. The van der Waals surface area contributed by atoms with Gasteiger partial charge in [-0.05, 0) is 37.1 Å². The van der Waals surface area contributed by atoms with Crippen LogP contribution in [0.25, 0.3) is 10.9 Å². The van der Waals surface area contributed by atoms with Crippen LogP contribution in [0.2, 0.25) is 0 Å². The third-order valence-corrected chi connectivity index (χ3v) is 6.14. The highest BCUT2D eigenvalue weighted by molar-refractivity contribution is 8.00. The van der Waals surface area contributed by atoms with Gasteiger partial charge in [0.15, 0.2) is 0 Å². The van der Waals surface area contributed by atoms with Gasteiger partial charge in [0.1, 0.15) is 6.54 Å². The van der Waals surface area contributed by atoms with Crippen LogP contribution in [0.5, 0.6) is 0 Å². The lowest BCUT2D eigenvalue weighted by atomic mass is 10.1. The maximum atomic E-state index is 13.1. The van der Waals surface area contributed by atoms with Crippen molar-refractivity contribution in [2.75, 3.05) is 11.4 Å². The average Bonchev–Trinajstić information content (AvgIpc) is 2.82. The van der Waals surface area contributed by atoms with E-state index >= 15 is 0 Å². The van der Waals surface area contributed by atoms with Crippen LogP contribution in [0.15, 0.2) is 58.5 Å². The van der Waals surface area contributed by atoms with Gasteiger partial charge in [0.05, 0.1) is 22.9 Å². The van der Waals surface area contributed by atoms with Crippen LogP contribution in [0, 0.1) is 6.92 Å². The second kappa shape index (κ2) is 7.19. The summed E-state index contributed by atoms with van der Waals surface area (Å²) >= 11 is 1.79. The molecule has 1 atom stereocenters. The molecule has 0 aliphatic carbocycles. The normalized spacial score (nSPS) is 16.8. The zero-order chi connectivity index (χ0) is 19.0. The Balaban J connectivity index is 1.68. The molecule has 1 amide bonds. The van der Waals surface area contributed by atoms with Crippen molar-refractivity contribution in [1.82, 2.24) is 9.55 Å². The number of aromatic nitrogens is 2. The van der Waals surface area contributed by atoms with Crippen molar-refractivity contribution in [1.29, 1.82) is 0 Å². The van der Waals surface area contributed by atoms with E-state index in [-0.39, 0.29) is 18.0 Å². The Hall–Kier alpha value is -2.60. The smallest absolute Gasteiger partial charge is 0.261 e. The number of nitrogens with zero attached hydrogens (tertiary/aromatic N) is 3. The van der Waals surface area contributed by atoms with Gasteiger partial charge in [-0.3, -0.25) is 14.2 Å². The first-order valence-corrected chi connectivity index (χ1v) is 9.93. The van der Waals surface area contributed by atoms with E-state index in [4.69, 9.17) is 0 Å². The molecule has 1 aliphatic rings. The zero-order valence-electron chi connectivity index (χ0n) is 15.4.